The highest BCUT2D eigenvalue weighted by Crippen LogP contribution is 2.14. The molecule has 1 N–H and O–H groups in total. The summed E-state index contributed by atoms with van der Waals surface area (Å²) in [4.78, 5) is 24.2. The Hall–Kier alpha value is -1.62. The molecule has 0 saturated heterocycles. The van der Waals surface area contributed by atoms with E-state index in [1.54, 1.807) is 0 Å². The standard InChI is InChI=1S/C42H78O5/c1-3-5-7-9-11-13-15-16-17-18-19-20-21-22-23-24-25-26-27-29-30-32-34-36-41(44)46-39-40(38-43)47-42(45)37-35-33-31-28-14-12-10-8-6-4-2/h24-25,29-30,40,43H,3-23,26-28,31-39H2,1-2H3/b25-24+,30-29+/t40-/m0/s1. The molecule has 0 aliphatic rings. The van der Waals surface area contributed by atoms with E-state index in [4.69, 9.17) is 9.47 Å². The van der Waals surface area contributed by atoms with Crippen molar-refractivity contribution < 1.29 is 24.2 Å². The van der Waals surface area contributed by atoms with Gasteiger partial charge in [0.15, 0.2) is 6.10 Å². The Labute approximate surface area is 292 Å². The second-order valence-electron chi connectivity index (χ2n) is 13.7. The zero-order chi connectivity index (χ0) is 34.3. The maximum absolute atomic E-state index is 12.1. The molecule has 47 heavy (non-hydrogen) atoms. The van der Waals surface area contributed by atoms with Gasteiger partial charge in [0, 0.05) is 12.8 Å². The molecule has 0 rings (SSSR count). The zero-order valence-electron chi connectivity index (χ0n) is 31.3. The van der Waals surface area contributed by atoms with Crippen molar-refractivity contribution in [3.8, 4) is 0 Å². The molecule has 0 aromatic rings. The van der Waals surface area contributed by atoms with Gasteiger partial charge in [0.25, 0.3) is 0 Å². The number of ether oxygens (including phenoxy) is 2. The first-order chi connectivity index (χ1) is 23.1. The van der Waals surface area contributed by atoms with Crippen molar-refractivity contribution in [1.29, 1.82) is 0 Å². The number of rotatable bonds is 37. The average molecular weight is 663 g/mol. The Morgan fingerprint density at radius 3 is 1.28 bits per heavy atom. The molecule has 0 saturated carbocycles. The molecule has 5 nitrogen and oxygen atoms in total. The van der Waals surface area contributed by atoms with Crippen LogP contribution >= 0.6 is 0 Å². The van der Waals surface area contributed by atoms with Crippen LogP contribution in [0.25, 0.3) is 0 Å². The third-order valence-electron chi connectivity index (χ3n) is 8.98. The van der Waals surface area contributed by atoms with Crippen LogP contribution in [-0.4, -0.2) is 36.4 Å². The van der Waals surface area contributed by atoms with Gasteiger partial charge < -0.3 is 14.6 Å². The molecular weight excluding hydrogens is 584 g/mol. The molecule has 0 radical (unpaired) electrons. The number of unbranched alkanes of at least 4 members (excludes halogenated alkanes) is 25. The van der Waals surface area contributed by atoms with E-state index in [0.717, 1.165) is 44.9 Å². The first-order valence-corrected chi connectivity index (χ1v) is 20.4. The SMILES string of the molecule is CCCCCCCCCCCCCCCC/C=C/CC/C=C/CCCC(=O)OC[C@H](CO)OC(=O)CCCCCCCCCCCC. The molecular formula is C42H78O5. The van der Waals surface area contributed by atoms with Gasteiger partial charge in [-0.3, -0.25) is 9.59 Å². The van der Waals surface area contributed by atoms with Crippen LogP contribution in [0.2, 0.25) is 0 Å². The Bertz CT molecular complexity index is 716. The number of hydrogen-bond acceptors (Lipinski definition) is 5. The van der Waals surface area contributed by atoms with E-state index in [1.807, 2.05) is 0 Å². The fraction of sp³-hybridized carbons (Fsp3) is 0.857. The van der Waals surface area contributed by atoms with Crippen LogP contribution in [-0.2, 0) is 19.1 Å². The Balaban J connectivity index is 3.54. The van der Waals surface area contributed by atoms with Gasteiger partial charge >= 0.3 is 11.9 Å². The van der Waals surface area contributed by atoms with E-state index < -0.39 is 6.10 Å². The molecule has 0 fully saturated rings. The number of esters is 2. The van der Waals surface area contributed by atoms with Gasteiger partial charge in [-0.2, -0.15) is 0 Å². The van der Waals surface area contributed by atoms with E-state index in [-0.39, 0.29) is 25.2 Å². The van der Waals surface area contributed by atoms with Crippen LogP contribution in [0.3, 0.4) is 0 Å². The van der Waals surface area contributed by atoms with Crippen LogP contribution in [0.4, 0.5) is 0 Å². The minimum atomic E-state index is -0.781. The third-order valence-corrected chi connectivity index (χ3v) is 8.98. The van der Waals surface area contributed by atoms with E-state index >= 15 is 0 Å². The number of carbonyl (C=O) groups excluding carboxylic acids is 2. The number of allylic oxidation sites excluding steroid dienone is 4. The highest BCUT2D eigenvalue weighted by molar-refractivity contribution is 5.70. The van der Waals surface area contributed by atoms with Gasteiger partial charge in [0.1, 0.15) is 6.61 Å². The van der Waals surface area contributed by atoms with Crippen LogP contribution in [0.15, 0.2) is 24.3 Å². The van der Waals surface area contributed by atoms with Gasteiger partial charge in [-0.1, -0.05) is 179 Å². The van der Waals surface area contributed by atoms with Crippen molar-refractivity contribution in [3.63, 3.8) is 0 Å². The van der Waals surface area contributed by atoms with Crippen LogP contribution < -0.4 is 0 Å². The summed E-state index contributed by atoms with van der Waals surface area (Å²) in [6, 6.07) is 0. The first-order valence-electron chi connectivity index (χ1n) is 20.4. The summed E-state index contributed by atoms with van der Waals surface area (Å²) in [7, 11) is 0. The first kappa shape index (κ1) is 45.4. The maximum Gasteiger partial charge on any atom is 0.306 e. The predicted molar refractivity (Wildman–Crippen MR) is 201 cm³/mol. The monoisotopic (exact) mass is 663 g/mol. The number of aliphatic hydroxyl groups excluding tert-OH is 1. The third kappa shape index (κ3) is 37.1. The summed E-state index contributed by atoms with van der Waals surface area (Å²) in [6.45, 7) is 4.10. The predicted octanol–water partition coefficient (Wildman–Crippen LogP) is 12.7. The van der Waals surface area contributed by atoms with E-state index in [2.05, 4.69) is 38.2 Å². The molecule has 0 unspecified atom stereocenters. The molecule has 0 aliphatic carbocycles. The van der Waals surface area contributed by atoms with Crippen LogP contribution in [0.5, 0.6) is 0 Å². The Morgan fingerprint density at radius 2 is 0.830 bits per heavy atom. The molecule has 0 amide bonds. The second-order valence-corrected chi connectivity index (χ2v) is 13.7. The fourth-order valence-electron chi connectivity index (χ4n) is 5.87. The van der Waals surface area contributed by atoms with Gasteiger partial charge in [-0.05, 0) is 44.9 Å². The van der Waals surface area contributed by atoms with Crippen molar-refractivity contribution >= 4 is 11.9 Å². The Kier molecular flexibility index (Phi) is 37.5. The lowest BCUT2D eigenvalue weighted by Crippen LogP contribution is -2.28. The van der Waals surface area contributed by atoms with E-state index in [0.29, 0.717) is 12.8 Å². The molecule has 5 heteroatoms. The number of hydrogen-bond donors (Lipinski definition) is 1. The largest absolute Gasteiger partial charge is 0.462 e. The van der Waals surface area contributed by atoms with Gasteiger partial charge in [-0.15, -0.1) is 0 Å². The van der Waals surface area contributed by atoms with Gasteiger partial charge in [-0.25, -0.2) is 0 Å². The minimum Gasteiger partial charge on any atom is -0.462 e. The minimum absolute atomic E-state index is 0.0827. The quantitative estimate of drug-likeness (QED) is 0.0407. The smallest absolute Gasteiger partial charge is 0.306 e. The fourth-order valence-corrected chi connectivity index (χ4v) is 5.87. The molecule has 0 heterocycles. The van der Waals surface area contributed by atoms with Crippen molar-refractivity contribution in [2.45, 2.75) is 219 Å². The van der Waals surface area contributed by atoms with Crippen molar-refractivity contribution in [2.75, 3.05) is 13.2 Å². The van der Waals surface area contributed by atoms with Crippen molar-refractivity contribution in [1.82, 2.24) is 0 Å². The summed E-state index contributed by atoms with van der Waals surface area (Å²) < 4.78 is 10.5. The van der Waals surface area contributed by atoms with Crippen molar-refractivity contribution in [2.24, 2.45) is 0 Å². The highest BCUT2D eigenvalue weighted by Gasteiger charge is 2.16. The molecule has 0 spiro atoms. The zero-order valence-corrected chi connectivity index (χ0v) is 31.3. The summed E-state index contributed by atoms with van der Waals surface area (Å²) in [5.41, 5.74) is 0. The molecule has 276 valence electrons. The summed E-state index contributed by atoms with van der Waals surface area (Å²) >= 11 is 0. The normalized spacial score (nSPS) is 12.3. The highest BCUT2D eigenvalue weighted by atomic mass is 16.6. The van der Waals surface area contributed by atoms with Gasteiger partial charge in [0.05, 0.1) is 6.61 Å². The summed E-state index contributed by atoms with van der Waals surface area (Å²) in [6.07, 6.45) is 45.5. The van der Waals surface area contributed by atoms with Gasteiger partial charge in [0.2, 0.25) is 0 Å². The van der Waals surface area contributed by atoms with E-state index in [9.17, 15) is 14.7 Å². The lowest BCUT2D eigenvalue weighted by Gasteiger charge is -2.15. The summed E-state index contributed by atoms with van der Waals surface area (Å²) in [5, 5.41) is 9.52. The van der Waals surface area contributed by atoms with Crippen LogP contribution in [0, 0.1) is 0 Å². The number of carbonyl (C=O) groups is 2. The molecule has 1 atom stereocenters. The topological polar surface area (TPSA) is 72.8 Å². The maximum atomic E-state index is 12.1. The molecule has 0 bridgehead atoms. The summed E-state index contributed by atoms with van der Waals surface area (Å²) in [5.74, 6) is -0.636. The second kappa shape index (κ2) is 38.8. The molecule has 0 aromatic carbocycles. The Morgan fingerprint density at radius 1 is 0.468 bits per heavy atom. The van der Waals surface area contributed by atoms with E-state index in [1.165, 1.54) is 141 Å². The van der Waals surface area contributed by atoms with Crippen LogP contribution in [0.1, 0.15) is 213 Å². The molecule has 0 aromatic heterocycles. The lowest BCUT2D eigenvalue weighted by molar-refractivity contribution is -0.161. The lowest BCUT2D eigenvalue weighted by atomic mass is 10.0. The van der Waals surface area contributed by atoms with Crippen molar-refractivity contribution in [3.05, 3.63) is 24.3 Å². The average Bonchev–Trinajstić information content (AvgIpc) is 3.07. The molecule has 0 aliphatic heterocycles. The number of aliphatic hydroxyl groups is 1.